The average molecular weight is 536 g/mol. The maximum absolute atomic E-state index is 13.5. The lowest BCUT2D eigenvalue weighted by Crippen LogP contribution is -2.26. The van der Waals surface area contributed by atoms with Crippen molar-refractivity contribution < 1.29 is 27.4 Å². The number of ether oxygens (including phenoxy) is 2. The molecule has 8 nitrogen and oxygen atoms in total. The van der Waals surface area contributed by atoms with Gasteiger partial charge in [-0.25, -0.2) is 9.97 Å². The van der Waals surface area contributed by atoms with E-state index < -0.39 is 17.6 Å². The molecular formula is C28H24F3N5O3. The molecule has 0 fully saturated rings. The Labute approximate surface area is 221 Å². The molecule has 200 valence electrons. The van der Waals surface area contributed by atoms with E-state index in [1.165, 1.54) is 23.8 Å². The summed E-state index contributed by atoms with van der Waals surface area (Å²) in [5.41, 5.74) is 8.02. The number of methoxy groups -OCH3 is 2. The number of anilines is 1. The smallest absolute Gasteiger partial charge is 0.416 e. The van der Waals surface area contributed by atoms with Crippen molar-refractivity contribution >= 4 is 33.9 Å². The predicted octanol–water partition coefficient (Wildman–Crippen LogP) is 5.16. The van der Waals surface area contributed by atoms with Gasteiger partial charge in [0.05, 0.1) is 30.8 Å². The maximum atomic E-state index is 13.5. The Balaban J connectivity index is 1.53. The molecule has 0 aliphatic carbocycles. The Morgan fingerprint density at radius 3 is 2.36 bits per heavy atom. The van der Waals surface area contributed by atoms with E-state index in [9.17, 15) is 18.0 Å². The number of rotatable bonds is 7. The van der Waals surface area contributed by atoms with Gasteiger partial charge in [-0.15, -0.1) is 0 Å². The molecule has 39 heavy (non-hydrogen) atoms. The highest BCUT2D eigenvalue weighted by Gasteiger charge is 2.31. The van der Waals surface area contributed by atoms with Crippen LogP contribution in [0.1, 0.15) is 21.5 Å². The molecule has 0 unspecified atom stereocenters. The van der Waals surface area contributed by atoms with Gasteiger partial charge in [0.25, 0.3) is 5.91 Å². The predicted molar refractivity (Wildman–Crippen MR) is 141 cm³/mol. The van der Waals surface area contributed by atoms with Gasteiger partial charge in [0.2, 0.25) is 0 Å². The van der Waals surface area contributed by atoms with Crippen LogP contribution >= 0.6 is 0 Å². The molecule has 2 heterocycles. The summed E-state index contributed by atoms with van der Waals surface area (Å²) in [5.74, 6) is 0.569. The first-order chi connectivity index (χ1) is 18.7. The van der Waals surface area contributed by atoms with E-state index in [1.807, 2.05) is 12.1 Å². The van der Waals surface area contributed by atoms with Crippen molar-refractivity contribution in [3.63, 3.8) is 0 Å². The van der Waals surface area contributed by atoms with Gasteiger partial charge in [-0.3, -0.25) is 9.36 Å². The van der Waals surface area contributed by atoms with E-state index >= 15 is 0 Å². The number of nitrogen functional groups attached to an aromatic ring is 1. The summed E-state index contributed by atoms with van der Waals surface area (Å²) in [4.78, 5) is 22.6. The number of carbonyl (C=O) groups excluding carboxylic acids is 1. The van der Waals surface area contributed by atoms with E-state index in [0.29, 0.717) is 29.0 Å². The first-order valence-corrected chi connectivity index (χ1v) is 11.9. The molecule has 0 radical (unpaired) electrons. The Kier molecular flexibility index (Phi) is 6.73. The zero-order chi connectivity index (χ0) is 27.7. The number of nitrogens with one attached hydrogen (secondary N) is 1. The number of hydrogen-bond donors (Lipinski definition) is 2. The quantitative estimate of drug-likeness (QED) is 0.298. The molecule has 0 saturated heterocycles. The van der Waals surface area contributed by atoms with Crippen LogP contribution in [-0.2, 0) is 12.6 Å². The van der Waals surface area contributed by atoms with Gasteiger partial charge < -0.3 is 20.5 Å². The largest absolute Gasteiger partial charge is 0.493 e. The highest BCUT2D eigenvalue weighted by Crippen LogP contribution is 2.34. The summed E-state index contributed by atoms with van der Waals surface area (Å²) in [6.07, 6.45) is -4.08. The normalized spacial score (nSPS) is 11.6. The van der Waals surface area contributed by atoms with Crippen molar-refractivity contribution in [2.45, 2.75) is 12.6 Å². The van der Waals surface area contributed by atoms with Crippen LogP contribution in [0.3, 0.4) is 0 Å². The highest BCUT2D eigenvalue weighted by molar-refractivity contribution is 6.11. The zero-order valence-electron chi connectivity index (χ0n) is 21.0. The van der Waals surface area contributed by atoms with Gasteiger partial charge in [-0.05, 0) is 54.4 Å². The van der Waals surface area contributed by atoms with Crippen LogP contribution in [0.25, 0.3) is 27.9 Å². The minimum Gasteiger partial charge on any atom is -0.493 e. The molecule has 0 bridgehead atoms. The second kappa shape index (κ2) is 10.2. The van der Waals surface area contributed by atoms with Crippen molar-refractivity contribution in [1.29, 1.82) is 0 Å². The number of alkyl halides is 3. The Bertz CT molecular complexity index is 1700. The van der Waals surface area contributed by atoms with Crippen molar-refractivity contribution in [1.82, 2.24) is 19.9 Å². The number of fused-ring (bicyclic) bond motifs is 2. The van der Waals surface area contributed by atoms with Crippen LogP contribution in [0.4, 0.5) is 19.0 Å². The summed E-state index contributed by atoms with van der Waals surface area (Å²) in [6.45, 7) is 0.255. The van der Waals surface area contributed by atoms with E-state index in [1.54, 1.807) is 37.4 Å². The fourth-order valence-electron chi connectivity index (χ4n) is 4.41. The fourth-order valence-corrected chi connectivity index (χ4v) is 4.41. The topological polar surface area (TPSA) is 104 Å². The number of benzene rings is 3. The standard InChI is InChI=1S/C28H24F3N5O3/c1-38-21-11-10-16(14-22(21)39-2)12-13-33-27(37)23-24-26(35-20-9-4-3-8-19(20)34-24)36(25(23)32)18-7-5-6-17(15-18)28(29,30)31/h3-11,14-15H,12-13,32H2,1-2H3,(H,33,37). The molecule has 3 aromatic carbocycles. The third kappa shape index (κ3) is 4.90. The number of nitrogens with zero attached hydrogens (tertiary/aromatic N) is 3. The highest BCUT2D eigenvalue weighted by atomic mass is 19.4. The fraction of sp³-hybridized carbons (Fsp3) is 0.179. The summed E-state index contributed by atoms with van der Waals surface area (Å²) < 4.78 is 52.3. The Morgan fingerprint density at radius 2 is 1.67 bits per heavy atom. The number of carbonyl (C=O) groups is 1. The molecule has 0 aliphatic rings. The van der Waals surface area contributed by atoms with Crippen LogP contribution in [0.2, 0.25) is 0 Å². The van der Waals surface area contributed by atoms with E-state index in [-0.39, 0.29) is 34.8 Å². The second-order valence-corrected chi connectivity index (χ2v) is 8.72. The van der Waals surface area contributed by atoms with Crippen molar-refractivity contribution in [3.05, 3.63) is 83.4 Å². The molecule has 5 aromatic rings. The SMILES string of the molecule is COc1ccc(CCNC(=O)c2c(N)n(-c3cccc(C(F)(F)F)c3)c3nc4ccccc4nc23)cc1OC. The molecule has 0 aliphatic heterocycles. The van der Waals surface area contributed by atoms with Gasteiger partial charge in [-0.1, -0.05) is 24.3 Å². The number of aromatic nitrogens is 3. The van der Waals surface area contributed by atoms with Gasteiger partial charge in [-0.2, -0.15) is 13.2 Å². The van der Waals surface area contributed by atoms with Crippen molar-refractivity contribution in [2.24, 2.45) is 0 Å². The number of amides is 1. The van der Waals surface area contributed by atoms with Gasteiger partial charge in [0.15, 0.2) is 17.1 Å². The third-order valence-electron chi connectivity index (χ3n) is 6.30. The van der Waals surface area contributed by atoms with Crippen LogP contribution in [0, 0.1) is 0 Å². The number of hydrogen-bond acceptors (Lipinski definition) is 6. The minimum absolute atomic E-state index is 0.0352. The van der Waals surface area contributed by atoms with Crippen LogP contribution < -0.4 is 20.5 Å². The molecule has 2 aromatic heterocycles. The molecule has 0 saturated carbocycles. The first-order valence-electron chi connectivity index (χ1n) is 11.9. The number of halogens is 3. The molecular weight excluding hydrogens is 511 g/mol. The number of nitrogens with two attached hydrogens (primary N) is 1. The third-order valence-corrected chi connectivity index (χ3v) is 6.30. The van der Waals surface area contributed by atoms with Crippen LogP contribution in [0.15, 0.2) is 66.7 Å². The Morgan fingerprint density at radius 1 is 0.949 bits per heavy atom. The monoisotopic (exact) mass is 535 g/mol. The van der Waals surface area contributed by atoms with E-state index in [4.69, 9.17) is 15.2 Å². The van der Waals surface area contributed by atoms with Gasteiger partial charge in [0, 0.05) is 12.2 Å². The molecule has 0 spiro atoms. The van der Waals surface area contributed by atoms with Gasteiger partial charge >= 0.3 is 6.18 Å². The minimum atomic E-state index is -4.56. The van der Waals surface area contributed by atoms with E-state index in [0.717, 1.165) is 17.7 Å². The van der Waals surface area contributed by atoms with Gasteiger partial charge in [0.1, 0.15) is 16.9 Å². The maximum Gasteiger partial charge on any atom is 0.416 e. The lowest BCUT2D eigenvalue weighted by molar-refractivity contribution is -0.137. The second-order valence-electron chi connectivity index (χ2n) is 8.72. The van der Waals surface area contributed by atoms with Crippen LogP contribution in [0.5, 0.6) is 11.5 Å². The van der Waals surface area contributed by atoms with E-state index in [2.05, 4.69) is 15.3 Å². The zero-order valence-corrected chi connectivity index (χ0v) is 21.0. The number of para-hydroxylation sites is 2. The summed E-state index contributed by atoms with van der Waals surface area (Å²) in [7, 11) is 3.08. The molecule has 1 amide bonds. The summed E-state index contributed by atoms with van der Waals surface area (Å²) in [5, 5.41) is 2.84. The lowest BCUT2D eigenvalue weighted by atomic mass is 10.1. The summed E-state index contributed by atoms with van der Waals surface area (Å²) >= 11 is 0. The molecule has 11 heteroatoms. The van der Waals surface area contributed by atoms with Crippen LogP contribution in [-0.4, -0.2) is 41.2 Å². The van der Waals surface area contributed by atoms with Crippen molar-refractivity contribution in [2.75, 3.05) is 26.5 Å². The lowest BCUT2D eigenvalue weighted by Gasteiger charge is -2.12. The molecule has 0 atom stereocenters. The average Bonchev–Trinajstić information content (AvgIpc) is 3.21. The summed E-state index contributed by atoms with van der Waals surface area (Å²) in [6, 6.07) is 17.1. The molecule has 5 rings (SSSR count). The van der Waals surface area contributed by atoms with Crippen molar-refractivity contribution in [3.8, 4) is 17.2 Å². The first kappa shape index (κ1) is 25.8. The molecule has 3 N–H and O–H groups in total. The Hall–Kier alpha value is -4.80.